The Hall–Kier alpha value is -0.640. The molecule has 2 aromatic rings. The average molecular weight is 291 g/mol. The third kappa shape index (κ3) is 3.28. The van der Waals surface area contributed by atoms with Gasteiger partial charge in [-0.05, 0) is 48.1 Å². The van der Waals surface area contributed by atoms with Crippen molar-refractivity contribution in [2.24, 2.45) is 5.92 Å². The monoisotopic (exact) mass is 291 g/mol. The molecule has 0 spiro atoms. The summed E-state index contributed by atoms with van der Waals surface area (Å²) in [6, 6.07) is 10.0. The molecule has 1 aliphatic rings. The van der Waals surface area contributed by atoms with Crippen molar-refractivity contribution in [1.82, 2.24) is 5.32 Å². The lowest BCUT2D eigenvalue weighted by Crippen LogP contribution is -2.26. The van der Waals surface area contributed by atoms with Crippen molar-refractivity contribution in [3.05, 3.63) is 44.8 Å². The van der Waals surface area contributed by atoms with E-state index in [9.17, 15) is 0 Å². The SMILES string of the molecule is CCCC(NC(c1cccs1)C1CC1)c1cccs1. The van der Waals surface area contributed by atoms with E-state index < -0.39 is 0 Å². The smallest absolute Gasteiger partial charge is 0.0448 e. The third-order valence-corrected chi connectivity index (χ3v) is 5.73. The van der Waals surface area contributed by atoms with E-state index in [-0.39, 0.29) is 0 Å². The molecule has 2 heterocycles. The Morgan fingerprint density at radius 2 is 1.84 bits per heavy atom. The Labute approximate surface area is 123 Å². The van der Waals surface area contributed by atoms with Crippen LogP contribution in [0.5, 0.6) is 0 Å². The van der Waals surface area contributed by atoms with Gasteiger partial charge in [-0.3, -0.25) is 0 Å². The lowest BCUT2D eigenvalue weighted by atomic mass is 10.1. The summed E-state index contributed by atoms with van der Waals surface area (Å²) in [6.07, 6.45) is 5.24. The molecule has 0 bridgehead atoms. The molecule has 3 heteroatoms. The Bertz CT molecular complexity index is 471. The van der Waals surface area contributed by atoms with Crippen LogP contribution in [0.3, 0.4) is 0 Å². The molecule has 19 heavy (non-hydrogen) atoms. The van der Waals surface area contributed by atoms with Gasteiger partial charge in [-0.2, -0.15) is 0 Å². The van der Waals surface area contributed by atoms with Crippen molar-refractivity contribution in [3.63, 3.8) is 0 Å². The fraction of sp³-hybridized carbons (Fsp3) is 0.500. The summed E-state index contributed by atoms with van der Waals surface area (Å²) >= 11 is 3.78. The van der Waals surface area contributed by atoms with Crippen LogP contribution in [-0.4, -0.2) is 0 Å². The molecule has 102 valence electrons. The molecule has 0 aliphatic heterocycles. The predicted octanol–water partition coefficient (Wildman–Crippen LogP) is 5.39. The van der Waals surface area contributed by atoms with Gasteiger partial charge in [-0.25, -0.2) is 0 Å². The van der Waals surface area contributed by atoms with Crippen LogP contribution >= 0.6 is 22.7 Å². The quantitative estimate of drug-likeness (QED) is 0.721. The first-order chi connectivity index (χ1) is 9.38. The highest BCUT2D eigenvalue weighted by molar-refractivity contribution is 7.10. The normalized spacial score (nSPS) is 18.4. The van der Waals surface area contributed by atoms with Gasteiger partial charge >= 0.3 is 0 Å². The van der Waals surface area contributed by atoms with Gasteiger partial charge < -0.3 is 5.32 Å². The molecule has 0 aromatic carbocycles. The molecule has 0 saturated heterocycles. The maximum atomic E-state index is 3.94. The largest absolute Gasteiger partial charge is 0.301 e. The summed E-state index contributed by atoms with van der Waals surface area (Å²) in [5, 5.41) is 8.33. The molecule has 1 N–H and O–H groups in total. The van der Waals surface area contributed by atoms with Crippen molar-refractivity contribution < 1.29 is 0 Å². The van der Waals surface area contributed by atoms with Crippen LogP contribution in [0.1, 0.15) is 54.4 Å². The highest BCUT2D eigenvalue weighted by Gasteiger charge is 2.34. The first-order valence-corrected chi connectivity index (χ1v) is 8.97. The summed E-state index contributed by atoms with van der Waals surface area (Å²) in [7, 11) is 0. The van der Waals surface area contributed by atoms with Gasteiger partial charge in [0, 0.05) is 21.8 Å². The molecule has 3 rings (SSSR count). The maximum Gasteiger partial charge on any atom is 0.0448 e. The molecular weight excluding hydrogens is 270 g/mol. The van der Waals surface area contributed by atoms with Crippen molar-refractivity contribution in [2.75, 3.05) is 0 Å². The van der Waals surface area contributed by atoms with Crippen LogP contribution in [-0.2, 0) is 0 Å². The maximum absolute atomic E-state index is 3.94. The van der Waals surface area contributed by atoms with Gasteiger partial charge in [0.1, 0.15) is 0 Å². The number of thiophene rings is 2. The fourth-order valence-corrected chi connectivity index (χ4v) is 4.35. The number of hydrogen-bond donors (Lipinski definition) is 1. The van der Waals surface area contributed by atoms with E-state index >= 15 is 0 Å². The van der Waals surface area contributed by atoms with Gasteiger partial charge in [0.05, 0.1) is 0 Å². The van der Waals surface area contributed by atoms with Crippen LogP contribution in [0.25, 0.3) is 0 Å². The highest BCUT2D eigenvalue weighted by Crippen LogP contribution is 2.44. The van der Waals surface area contributed by atoms with Gasteiger partial charge in [0.25, 0.3) is 0 Å². The minimum atomic E-state index is 0.526. The zero-order valence-electron chi connectivity index (χ0n) is 11.3. The Morgan fingerprint density at radius 3 is 2.37 bits per heavy atom. The highest BCUT2D eigenvalue weighted by atomic mass is 32.1. The first-order valence-electron chi connectivity index (χ1n) is 7.21. The molecule has 0 radical (unpaired) electrons. The van der Waals surface area contributed by atoms with Crippen molar-refractivity contribution in [3.8, 4) is 0 Å². The molecule has 1 nitrogen and oxygen atoms in total. The zero-order valence-corrected chi connectivity index (χ0v) is 13.0. The van der Waals surface area contributed by atoms with Crippen LogP contribution < -0.4 is 5.32 Å². The molecule has 2 atom stereocenters. The lowest BCUT2D eigenvalue weighted by molar-refractivity contribution is 0.399. The first kappa shape index (κ1) is 13.3. The van der Waals surface area contributed by atoms with E-state index in [2.05, 4.69) is 47.3 Å². The van der Waals surface area contributed by atoms with Crippen LogP contribution in [0.4, 0.5) is 0 Å². The van der Waals surface area contributed by atoms with Gasteiger partial charge in [0.2, 0.25) is 0 Å². The van der Waals surface area contributed by atoms with E-state index in [1.54, 1.807) is 0 Å². The van der Waals surface area contributed by atoms with Gasteiger partial charge in [0.15, 0.2) is 0 Å². The number of nitrogens with one attached hydrogen (secondary N) is 1. The summed E-state index contributed by atoms with van der Waals surface area (Å²) in [4.78, 5) is 3.00. The molecule has 2 unspecified atom stereocenters. The molecule has 0 amide bonds. The second kappa shape index (κ2) is 6.21. The summed E-state index contributed by atoms with van der Waals surface area (Å²) in [6.45, 7) is 2.28. The number of rotatable bonds is 7. The topological polar surface area (TPSA) is 12.0 Å². The Morgan fingerprint density at radius 1 is 1.16 bits per heavy atom. The summed E-state index contributed by atoms with van der Waals surface area (Å²) < 4.78 is 0. The molecule has 1 saturated carbocycles. The lowest BCUT2D eigenvalue weighted by Gasteiger charge is -2.24. The van der Waals surface area contributed by atoms with Crippen LogP contribution in [0.15, 0.2) is 35.0 Å². The fourth-order valence-electron chi connectivity index (χ4n) is 2.65. The van der Waals surface area contributed by atoms with Crippen molar-refractivity contribution in [1.29, 1.82) is 0 Å². The summed E-state index contributed by atoms with van der Waals surface area (Å²) in [5.41, 5.74) is 0. The predicted molar refractivity (Wildman–Crippen MR) is 84.9 cm³/mol. The number of hydrogen-bond acceptors (Lipinski definition) is 3. The van der Waals surface area contributed by atoms with Crippen molar-refractivity contribution in [2.45, 2.75) is 44.7 Å². The standard InChI is InChI=1S/C16H21NS2/c1-2-5-13(14-6-3-10-18-14)17-16(12-8-9-12)15-7-4-11-19-15/h3-4,6-7,10-13,16-17H,2,5,8-9H2,1H3. The van der Waals surface area contributed by atoms with E-state index in [1.165, 1.54) is 35.4 Å². The minimum absolute atomic E-state index is 0.526. The van der Waals surface area contributed by atoms with Gasteiger partial charge in [-0.15, -0.1) is 22.7 Å². The van der Waals surface area contributed by atoms with Crippen LogP contribution in [0.2, 0.25) is 0 Å². The Balaban J connectivity index is 1.75. The minimum Gasteiger partial charge on any atom is -0.301 e. The molecular formula is C16H21NS2. The van der Waals surface area contributed by atoms with E-state index in [4.69, 9.17) is 0 Å². The molecule has 1 fully saturated rings. The second-order valence-electron chi connectivity index (χ2n) is 5.35. The van der Waals surface area contributed by atoms with E-state index in [1.807, 2.05) is 22.7 Å². The van der Waals surface area contributed by atoms with Crippen LogP contribution in [0, 0.1) is 5.92 Å². The van der Waals surface area contributed by atoms with Gasteiger partial charge in [-0.1, -0.05) is 25.5 Å². The van der Waals surface area contributed by atoms with Crippen molar-refractivity contribution >= 4 is 22.7 Å². The summed E-state index contributed by atoms with van der Waals surface area (Å²) in [5.74, 6) is 0.859. The van der Waals surface area contributed by atoms with E-state index in [0.29, 0.717) is 12.1 Å². The third-order valence-electron chi connectivity index (χ3n) is 3.79. The second-order valence-corrected chi connectivity index (χ2v) is 7.31. The molecule has 2 aromatic heterocycles. The molecule has 1 aliphatic carbocycles. The Kier molecular flexibility index (Phi) is 4.36. The van der Waals surface area contributed by atoms with E-state index in [0.717, 1.165) is 5.92 Å². The zero-order chi connectivity index (χ0) is 13.1. The average Bonchev–Trinajstić information content (AvgIpc) is 2.94.